The third kappa shape index (κ3) is 1.70. The van der Waals surface area contributed by atoms with Crippen molar-refractivity contribution in [2.75, 3.05) is 5.75 Å². The van der Waals surface area contributed by atoms with Gasteiger partial charge in [0.2, 0.25) is 14.2 Å². The second-order valence-electron chi connectivity index (χ2n) is 2.06. The highest BCUT2D eigenvalue weighted by Crippen LogP contribution is 2.15. The first kappa shape index (κ1) is 9.34. The Kier molecular flexibility index (Phi) is 2.58. The number of carbonyl (C=O) groups excluding carboxylic acids is 1. The Morgan fingerprint density at radius 2 is 2.33 bits per heavy atom. The van der Waals surface area contributed by atoms with Crippen LogP contribution in [0.15, 0.2) is 9.72 Å². The van der Waals surface area contributed by atoms with Crippen molar-refractivity contribution in [2.24, 2.45) is 0 Å². The first-order valence-electron chi connectivity index (χ1n) is 3.23. The third-order valence-electron chi connectivity index (χ3n) is 1.27. The molecule has 0 aromatic carbocycles. The molecule has 0 unspecified atom stereocenters. The highest BCUT2D eigenvalue weighted by Gasteiger charge is 2.15. The number of hydrogen-bond donors (Lipinski definition) is 0. The van der Waals surface area contributed by atoms with Crippen LogP contribution < -0.4 is 0 Å². The van der Waals surface area contributed by atoms with Gasteiger partial charge < -0.3 is 0 Å². The quantitative estimate of drug-likeness (QED) is 0.683. The van der Waals surface area contributed by atoms with Crippen LogP contribution in [0.25, 0.3) is 0 Å². The summed E-state index contributed by atoms with van der Waals surface area (Å²) in [5.74, 6) is 0.0127. The smallest absolute Gasteiger partial charge is 0.209 e. The van der Waals surface area contributed by atoms with Gasteiger partial charge in [0.1, 0.15) is 5.69 Å². The SMILES string of the molecule is CCS(=O)(=O)c1nc(C=O)cs1. The summed E-state index contributed by atoms with van der Waals surface area (Å²) in [6, 6.07) is 0. The van der Waals surface area contributed by atoms with E-state index in [0.29, 0.717) is 6.29 Å². The number of nitrogens with zero attached hydrogens (tertiary/aromatic N) is 1. The fraction of sp³-hybridized carbons (Fsp3) is 0.333. The molecule has 1 heterocycles. The normalized spacial score (nSPS) is 11.4. The second-order valence-corrected chi connectivity index (χ2v) is 5.37. The minimum Gasteiger partial charge on any atom is -0.296 e. The Bertz CT molecular complexity index is 379. The van der Waals surface area contributed by atoms with Gasteiger partial charge in [0.05, 0.1) is 5.75 Å². The minimum atomic E-state index is -3.24. The van der Waals surface area contributed by atoms with Crippen LogP contribution in [0.2, 0.25) is 0 Å². The molecule has 0 atom stereocenters. The predicted octanol–water partition coefficient (Wildman–Crippen LogP) is 0.749. The molecule has 1 rings (SSSR count). The highest BCUT2D eigenvalue weighted by atomic mass is 32.2. The van der Waals surface area contributed by atoms with Gasteiger partial charge in [-0.1, -0.05) is 6.92 Å². The lowest BCUT2D eigenvalue weighted by Gasteiger charge is -1.91. The van der Waals surface area contributed by atoms with E-state index in [1.165, 1.54) is 12.3 Å². The van der Waals surface area contributed by atoms with Crippen LogP contribution in [-0.4, -0.2) is 25.4 Å². The molecule has 0 bridgehead atoms. The topological polar surface area (TPSA) is 64.1 Å². The molecule has 66 valence electrons. The van der Waals surface area contributed by atoms with E-state index in [1.54, 1.807) is 0 Å². The summed E-state index contributed by atoms with van der Waals surface area (Å²) in [6.45, 7) is 1.54. The molecule has 4 nitrogen and oxygen atoms in total. The second kappa shape index (κ2) is 3.32. The molecular weight excluding hydrogens is 198 g/mol. The van der Waals surface area contributed by atoms with E-state index in [9.17, 15) is 13.2 Å². The number of thiazole rings is 1. The summed E-state index contributed by atoms with van der Waals surface area (Å²) in [6.07, 6.45) is 0.533. The Morgan fingerprint density at radius 1 is 1.67 bits per heavy atom. The lowest BCUT2D eigenvalue weighted by molar-refractivity contribution is 0.111. The molecular formula is C6H7NO3S2. The fourth-order valence-electron chi connectivity index (χ4n) is 0.589. The van der Waals surface area contributed by atoms with Gasteiger partial charge in [-0.15, -0.1) is 11.3 Å². The van der Waals surface area contributed by atoms with Crippen molar-refractivity contribution < 1.29 is 13.2 Å². The third-order valence-corrected chi connectivity index (χ3v) is 4.35. The molecule has 0 fully saturated rings. The van der Waals surface area contributed by atoms with Gasteiger partial charge in [-0.2, -0.15) is 0 Å². The van der Waals surface area contributed by atoms with Crippen molar-refractivity contribution in [1.82, 2.24) is 4.98 Å². The molecule has 0 radical (unpaired) electrons. The van der Waals surface area contributed by atoms with Crippen LogP contribution in [0.5, 0.6) is 0 Å². The van der Waals surface area contributed by atoms with Crippen LogP contribution in [0.4, 0.5) is 0 Å². The van der Waals surface area contributed by atoms with E-state index >= 15 is 0 Å². The average molecular weight is 205 g/mol. The first-order valence-corrected chi connectivity index (χ1v) is 5.77. The zero-order valence-electron chi connectivity index (χ0n) is 6.35. The Hall–Kier alpha value is -0.750. The van der Waals surface area contributed by atoms with E-state index in [4.69, 9.17) is 0 Å². The monoisotopic (exact) mass is 205 g/mol. The van der Waals surface area contributed by atoms with Crippen LogP contribution >= 0.6 is 11.3 Å². The van der Waals surface area contributed by atoms with Gasteiger partial charge in [0.15, 0.2) is 6.29 Å². The number of sulfone groups is 1. The number of hydrogen-bond acceptors (Lipinski definition) is 5. The Morgan fingerprint density at radius 3 is 2.75 bits per heavy atom. The minimum absolute atomic E-state index is 0.0127. The molecule has 0 amide bonds. The molecule has 0 aliphatic rings. The molecule has 0 saturated heterocycles. The van der Waals surface area contributed by atoms with Crippen molar-refractivity contribution in [3.63, 3.8) is 0 Å². The Balaban J connectivity index is 3.13. The zero-order valence-corrected chi connectivity index (χ0v) is 7.98. The van der Waals surface area contributed by atoms with Crippen molar-refractivity contribution in [1.29, 1.82) is 0 Å². The highest BCUT2D eigenvalue weighted by molar-refractivity contribution is 7.93. The molecule has 6 heteroatoms. The maximum absolute atomic E-state index is 11.2. The van der Waals surface area contributed by atoms with Crippen LogP contribution in [0, 0.1) is 0 Å². The molecule has 12 heavy (non-hydrogen) atoms. The number of rotatable bonds is 3. The summed E-state index contributed by atoms with van der Waals surface area (Å²) in [4.78, 5) is 13.8. The van der Waals surface area contributed by atoms with Gasteiger partial charge in [0.25, 0.3) is 0 Å². The van der Waals surface area contributed by atoms with Gasteiger partial charge in [-0.3, -0.25) is 4.79 Å². The van der Waals surface area contributed by atoms with E-state index < -0.39 is 9.84 Å². The lowest BCUT2D eigenvalue weighted by atomic mass is 10.6. The predicted molar refractivity (Wildman–Crippen MR) is 45.2 cm³/mol. The van der Waals surface area contributed by atoms with Crippen LogP contribution in [0.1, 0.15) is 17.4 Å². The molecule has 0 N–H and O–H groups in total. The zero-order chi connectivity index (χ0) is 9.19. The molecule has 1 aromatic heterocycles. The molecule has 0 aliphatic heterocycles. The van der Waals surface area contributed by atoms with Crippen LogP contribution in [0.3, 0.4) is 0 Å². The van der Waals surface area contributed by atoms with Crippen molar-refractivity contribution in [3.8, 4) is 0 Å². The average Bonchev–Trinajstić information content (AvgIpc) is 2.52. The van der Waals surface area contributed by atoms with Gasteiger partial charge >= 0.3 is 0 Å². The van der Waals surface area contributed by atoms with E-state index in [0.717, 1.165) is 11.3 Å². The molecule has 0 aliphatic carbocycles. The maximum Gasteiger partial charge on any atom is 0.209 e. The first-order chi connectivity index (χ1) is 5.60. The molecule has 0 spiro atoms. The van der Waals surface area contributed by atoms with E-state index in [1.807, 2.05) is 0 Å². The number of aldehydes is 1. The number of aromatic nitrogens is 1. The summed E-state index contributed by atoms with van der Waals surface area (Å²) in [5, 5.41) is 1.43. The molecule has 0 saturated carbocycles. The number of carbonyl (C=O) groups is 1. The van der Waals surface area contributed by atoms with Gasteiger partial charge in [0, 0.05) is 5.38 Å². The van der Waals surface area contributed by atoms with Crippen molar-refractivity contribution >= 4 is 27.5 Å². The lowest BCUT2D eigenvalue weighted by Crippen LogP contribution is -2.02. The summed E-state index contributed by atoms with van der Waals surface area (Å²) >= 11 is 0.975. The largest absolute Gasteiger partial charge is 0.296 e. The van der Waals surface area contributed by atoms with E-state index in [-0.39, 0.29) is 15.8 Å². The fourth-order valence-corrected chi connectivity index (χ4v) is 2.65. The summed E-state index contributed by atoms with van der Waals surface area (Å²) in [5.41, 5.74) is 0.173. The van der Waals surface area contributed by atoms with Gasteiger partial charge in [-0.05, 0) is 0 Å². The summed E-state index contributed by atoms with van der Waals surface area (Å²) in [7, 11) is -3.24. The van der Waals surface area contributed by atoms with Crippen molar-refractivity contribution in [3.05, 3.63) is 11.1 Å². The Labute approximate surface area is 74.2 Å². The van der Waals surface area contributed by atoms with Gasteiger partial charge in [-0.25, -0.2) is 13.4 Å². The van der Waals surface area contributed by atoms with Crippen LogP contribution in [-0.2, 0) is 9.84 Å². The molecule has 1 aromatic rings. The maximum atomic E-state index is 11.2. The standard InChI is InChI=1S/C6H7NO3S2/c1-2-12(9,10)6-7-5(3-8)4-11-6/h3-4H,2H2,1H3. The van der Waals surface area contributed by atoms with Crippen molar-refractivity contribution in [2.45, 2.75) is 11.3 Å². The summed E-state index contributed by atoms with van der Waals surface area (Å²) < 4.78 is 22.3. The van der Waals surface area contributed by atoms with E-state index in [2.05, 4.69) is 4.98 Å².